The summed E-state index contributed by atoms with van der Waals surface area (Å²) in [5, 5.41) is 10.1. The minimum absolute atomic E-state index is 0.169. The summed E-state index contributed by atoms with van der Waals surface area (Å²) in [4.78, 5) is 2.38. The van der Waals surface area contributed by atoms with Crippen molar-refractivity contribution in [1.82, 2.24) is 4.90 Å². The number of β-amino-alcohol motifs (C(OH)–C–C–N with tert-alkyl or cyclic N) is 1. The summed E-state index contributed by atoms with van der Waals surface area (Å²) in [6.07, 6.45) is 2.99. The summed E-state index contributed by atoms with van der Waals surface area (Å²) in [6.45, 7) is 7.32. The van der Waals surface area contributed by atoms with Gasteiger partial charge in [-0.25, -0.2) is 0 Å². The van der Waals surface area contributed by atoms with E-state index in [1.54, 1.807) is 0 Å². The highest BCUT2D eigenvalue weighted by molar-refractivity contribution is 5.29. The van der Waals surface area contributed by atoms with Gasteiger partial charge in [0.15, 0.2) is 0 Å². The molecule has 2 heteroatoms. The normalized spacial score (nSPS) is 17.8. The minimum Gasteiger partial charge on any atom is -0.392 e. The van der Waals surface area contributed by atoms with Crippen LogP contribution in [0.1, 0.15) is 37.8 Å². The van der Waals surface area contributed by atoms with E-state index >= 15 is 0 Å². The van der Waals surface area contributed by atoms with E-state index in [1.165, 1.54) is 11.1 Å². The second kappa shape index (κ2) is 6.35. The summed E-state index contributed by atoms with van der Waals surface area (Å²) in [6, 6.07) is 8.66. The van der Waals surface area contributed by atoms with Gasteiger partial charge in [0.1, 0.15) is 0 Å². The Bertz CT molecular complexity index is 375. The third kappa shape index (κ3) is 3.82. The van der Waals surface area contributed by atoms with Gasteiger partial charge in [0, 0.05) is 19.6 Å². The number of rotatable bonds is 5. The molecule has 1 heterocycles. The molecule has 1 aliphatic rings. The zero-order valence-electron chi connectivity index (χ0n) is 11.6. The first-order valence-electron chi connectivity index (χ1n) is 7.12. The van der Waals surface area contributed by atoms with E-state index in [0.29, 0.717) is 5.92 Å². The van der Waals surface area contributed by atoms with E-state index in [2.05, 4.69) is 43.0 Å². The molecule has 0 aromatic heterocycles. The van der Waals surface area contributed by atoms with Crippen LogP contribution in [0.3, 0.4) is 0 Å². The molecule has 0 saturated heterocycles. The van der Waals surface area contributed by atoms with Crippen LogP contribution in [0.5, 0.6) is 0 Å². The molecule has 0 radical (unpaired) electrons. The summed E-state index contributed by atoms with van der Waals surface area (Å²) >= 11 is 0. The zero-order chi connectivity index (χ0) is 13.0. The van der Waals surface area contributed by atoms with Gasteiger partial charge >= 0.3 is 0 Å². The van der Waals surface area contributed by atoms with E-state index in [1.807, 2.05) is 0 Å². The lowest BCUT2D eigenvalue weighted by Crippen LogP contribution is -2.36. The molecular formula is C16H25NO. The molecule has 0 aliphatic carbocycles. The van der Waals surface area contributed by atoms with Crippen LogP contribution in [0.4, 0.5) is 0 Å². The van der Waals surface area contributed by atoms with Gasteiger partial charge < -0.3 is 5.11 Å². The van der Waals surface area contributed by atoms with Gasteiger partial charge in [0.05, 0.1) is 6.10 Å². The van der Waals surface area contributed by atoms with E-state index in [0.717, 1.165) is 38.9 Å². The molecule has 18 heavy (non-hydrogen) atoms. The Kier molecular flexibility index (Phi) is 4.79. The molecular weight excluding hydrogens is 222 g/mol. The summed E-state index contributed by atoms with van der Waals surface area (Å²) in [7, 11) is 0. The molecule has 0 saturated carbocycles. The second-order valence-corrected chi connectivity index (χ2v) is 5.88. The molecule has 1 aromatic carbocycles. The number of benzene rings is 1. The van der Waals surface area contributed by atoms with Crippen molar-refractivity contribution in [2.45, 2.75) is 45.8 Å². The molecule has 100 valence electrons. The molecule has 2 rings (SSSR count). The van der Waals surface area contributed by atoms with Crippen molar-refractivity contribution in [3.05, 3.63) is 35.4 Å². The van der Waals surface area contributed by atoms with Crippen LogP contribution >= 0.6 is 0 Å². The predicted octanol–water partition coefficient (Wildman–Crippen LogP) is 2.84. The van der Waals surface area contributed by atoms with Crippen molar-refractivity contribution in [3.8, 4) is 0 Å². The van der Waals surface area contributed by atoms with E-state index in [9.17, 15) is 5.11 Å². The van der Waals surface area contributed by atoms with Gasteiger partial charge in [-0.1, -0.05) is 38.1 Å². The highest BCUT2D eigenvalue weighted by atomic mass is 16.3. The van der Waals surface area contributed by atoms with Crippen molar-refractivity contribution >= 4 is 0 Å². The van der Waals surface area contributed by atoms with Crippen LogP contribution < -0.4 is 0 Å². The second-order valence-electron chi connectivity index (χ2n) is 5.88. The van der Waals surface area contributed by atoms with Crippen LogP contribution in [0.25, 0.3) is 0 Å². The van der Waals surface area contributed by atoms with Gasteiger partial charge in [-0.05, 0) is 36.3 Å². The molecule has 1 unspecified atom stereocenters. The largest absolute Gasteiger partial charge is 0.392 e. The quantitative estimate of drug-likeness (QED) is 0.865. The van der Waals surface area contributed by atoms with Crippen molar-refractivity contribution in [1.29, 1.82) is 0 Å². The van der Waals surface area contributed by atoms with Crippen molar-refractivity contribution < 1.29 is 5.11 Å². The Labute approximate surface area is 111 Å². The number of fused-ring (bicyclic) bond motifs is 1. The highest BCUT2D eigenvalue weighted by Crippen LogP contribution is 2.19. The van der Waals surface area contributed by atoms with Crippen molar-refractivity contribution in [2.24, 2.45) is 5.92 Å². The molecule has 1 aromatic rings. The zero-order valence-corrected chi connectivity index (χ0v) is 11.6. The Morgan fingerprint density at radius 2 is 1.89 bits per heavy atom. The summed E-state index contributed by atoms with van der Waals surface area (Å²) in [5.41, 5.74) is 2.91. The molecule has 0 spiro atoms. The fourth-order valence-corrected chi connectivity index (χ4v) is 2.63. The van der Waals surface area contributed by atoms with Gasteiger partial charge in [0.2, 0.25) is 0 Å². The molecule has 1 aliphatic heterocycles. The fourth-order valence-electron chi connectivity index (χ4n) is 2.63. The minimum atomic E-state index is -0.169. The van der Waals surface area contributed by atoms with E-state index in [4.69, 9.17) is 0 Å². The molecule has 1 N–H and O–H groups in total. The van der Waals surface area contributed by atoms with Crippen LogP contribution in [0.2, 0.25) is 0 Å². The van der Waals surface area contributed by atoms with Gasteiger partial charge in [-0.2, -0.15) is 0 Å². The lowest BCUT2D eigenvalue weighted by atomic mass is 9.99. The van der Waals surface area contributed by atoms with Crippen molar-refractivity contribution in [2.75, 3.05) is 13.1 Å². The van der Waals surface area contributed by atoms with Crippen LogP contribution in [-0.4, -0.2) is 29.2 Å². The standard InChI is InChI=1S/C16H25NO/c1-13(2)7-8-16(18)12-17-10-9-14-5-3-4-6-15(14)11-17/h3-6,13,16,18H,7-12H2,1-2H3. The summed E-state index contributed by atoms with van der Waals surface area (Å²) < 4.78 is 0. The number of nitrogens with zero attached hydrogens (tertiary/aromatic N) is 1. The van der Waals surface area contributed by atoms with Gasteiger partial charge in [-0.3, -0.25) is 4.90 Å². The average Bonchev–Trinajstić information content (AvgIpc) is 2.36. The first kappa shape index (κ1) is 13.6. The topological polar surface area (TPSA) is 23.5 Å². The van der Waals surface area contributed by atoms with Crippen LogP contribution in [0, 0.1) is 5.92 Å². The first-order valence-corrected chi connectivity index (χ1v) is 7.12. The number of aliphatic hydroxyl groups excluding tert-OH is 1. The van der Waals surface area contributed by atoms with E-state index in [-0.39, 0.29) is 6.10 Å². The SMILES string of the molecule is CC(C)CCC(O)CN1CCc2ccccc2C1. The van der Waals surface area contributed by atoms with Crippen LogP contribution in [0.15, 0.2) is 24.3 Å². The van der Waals surface area contributed by atoms with Gasteiger partial charge in [-0.15, -0.1) is 0 Å². The number of hydrogen-bond donors (Lipinski definition) is 1. The lowest BCUT2D eigenvalue weighted by molar-refractivity contribution is 0.0941. The predicted molar refractivity (Wildman–Crippen MR) is 75.5 cm³/mol. The highest BCUT2D eigenvalue weighted by Gasteiger charge is 2.18. The molecule has 2 nitrogen and oxygen atoms in total. The van der Waals surface area contributed by atoms with Crippen LogP contribution in [-0.2, 0) is 13.0 Å². The van der Waals surface area contributed by atoms with Crippen molar-refractivity contribution in [3.63, 3.8) is 0 Å². The number of aliphatic hydroxyl groups is 1. The molecule has 0 amide bonds. The maximum absolute atomic E-state index is 10.1. The maximum atomic E-state index is 10.1. The Morgan fingerprint density at radius 1 is 1.17 bits per heavy atom. The third-order valence-corrected chi connectivity index (χ3v) is 3.76. The summed E-state index contributed by atoms with van der Waals surface area (Å²) in [5.74, 6) is 0.682. The Morgan fingerprint density at radius 3 is 2.61 bits per heavy atom. The maximum Gasteiger partial charge on any atom is 0.0667 e. The smallest absolute Gasteiger partial charge is 0.0667 e. The monoisotopic (exact) mass is 247 g/mol. The lowest BCUT2D eigenvalue weighted by Gasteiger charge is -2.30. The third-order valence-electron chi connectivity index (χ3n) is 3.76. The number of hydrogen-bond acceptors (Lipinski definition) is 2. The fraction of sp³-hybridized carbons (Fsp3) is 0.625. The van der Waals surface area contributed by atoms with E-state index < -0.39 is 0 Å². The van der Waals surface area contributed by atoms with Gasteiger partial charge in [0.25, 0.3) is 0 Å². The average molecular weight is 247 g/mol. The molecule has 0 bridgehead atoms. The Balaban J connectivity index is 1.82. The first-order chi connectivity index (χ1) is 8.65. The molecule has 0 fully saturated rings. The Hall–Kier alpha value is -0.860. The molecule has 1 atom stereocenters.